The van der Waals surface area contributed by atoms with Crippen LogP contribution in [0.4, 0.5) is 5.69 Å². The Kier molecular flexibility index (Phi) is 4.03. The lowest BCUT2D eigenvalue weighted by atomic mass is 10.2. The molecule has 1 amide bonds. The molecular weight excluding hydrogens is 410 g/mol. The van der Waals surface area contributed by atoms with Crippen LogP contribution in [0.25, 0.3) is 22.7 Å². The second-order valence-electron chi connectivity index (χ2n) is 5.10. The van der Waals surface area contributed by atoms with E-state index in [1.54, 1.807) is 48.7 Å². The molecule has 0 aliphatic carbocycles. The average Bonchev–Trinajstić information content (AvgIpc) is 3.22. The number of amides is 1. The number of nitrogens with one attached hydrogen (secondary N) is 1. The van der Waals surface area contributed by atoms with Crippen LogP contribution in [-0.4, -0.2) is 15.9 Å². The molecule has 0 aliphatic rings. The molecule has 0 saturated heterocycles. The molecule has 0 atom stereocenters. The van der Waals surface area contributed by atoms with Crippen LogP contribution < -0.4 is 5.32 Å². The van der Waals surface area contributed by atoms with E-state index in [0.717, 1.165) is 0 Å². The second-order valence-corrected chi connectivity index (χ2v) is 6.29. The van der Waals surface area contributed by atoms with Crippen molar-refractivity contribution in [3.63, 3.8) is 0 Å². The minimum atomic E-state index is -0.377. The van der Waals surface area contributed by atoms with Gasteiger partial charge in [0.25, 0.3) is 5.91 Å². The van der Waals surface area contributed by atoms with Crippen molar-refractivity contribution in [2.75, 3.05) is 5.32 Å². The van der Waals surface area contributed by atoms with Gasteiger partial charge in [-0.05, 0) is 58.4 Å². The van der Waals surface area contributed by atoms with Gasteiger partial charge in [-0.1, -0.05) is 11.6 Å². The molecule has 4 aromatic rings. The normalized spacial score (nSPS) is 11.0. The van der Waals surface area contributed by atoms with E-state index in [-0.39, 0.29) is 11.7 Å². The lowest BCUT2D eigenvalue weighted by Gasteiger charge is -2.06. The summed E-state index contributed by atoms with van der Waals surface area (Å²) in [5, 5.41) is 3.19. The van der Waals surface area contributed by atoms with Crippen LogP contribution in [0.1, 0.15) is 10.6 Å². The van der Waals surface area contributed by atoms with Crippen molar-refractivity contribution in [3.8, 4) is 11.5 Å². The lowest BCUT2D eigenvalue weighted by molar-refractivity contribution is 0.0995. The number of benzene rings is 1. The number of carbonyl (C=O) groups excluding carboxylic acids is 1. The summed E-state index contributed by atoms with van der Waals surface area (Å²) in [5.41, 5.74) is 2.14. The predicted octanol–water partition coefficient (Wildman–Crippen LogP) is 5.15. The molecule has 1 aromatic carbocycles. The minimum absolute atomic E-state index is 0.189. The standard InChI is InChI=1S/C17H9BrClN3O3/c18-14-6-5-13(24-14)16(23)21-9-3-4-11(19)10(8-9)17-22-15-12(25-17)2-1-7-20-15/h1-8H,(H,21,23). The molecular formula is C17H9BrClN3O3. The zero-order valence-corrected chi connectivity index (χ0v) is 14.8. The molecule has 0 bridgehead atoms. The second kappa shape index (κ2) is 6.34. The summed E-state index contributed by atoms with van der Waals surface area (Å²) in [4.78, 5) is 20.7. The number of pyridine rings is 1. The molecule has 0 fully saturated rings. The molecule has 0 radical (unpaired) electrons. The Balaban J connectivity index is 1.67. The first-order valence-corrected chi connectivity index (χ1v) is 8.35. The Morgan fingerprint density at radius 2 is 2.04 bits per heavy atom. The van der Waals surface area contributed by atoms with E-state index in [1.165, 1.54) is 0 Å². The first-order valence-electron chi connectivity index (χ1n) is 7.18. The SMILES string of the molecule is O=C(Nc1ccc(Cl)c(-c2nc3ncccc3o2)c1)c1ccc(Br)o1. The zero-order chi connectivity index (χ0) is 17.4. The fraction of sp³-hybridized carbons (Fsp3) is 0. The zero-order valence-electron chi connectivity index (χ0n) is 12.5. The van der Waals surface area contributed by atoms with Crippen molar-refractivity contribution in [2.24, 2.45) is 0 Å². The van der Waals surface area contributed by atoms with Gasteiger partial charge in [-0.3, -0.25) is 4.79 Å². The number of halogens is 2. The molecule has 1 N–H and O–H groups in total. The number of anilines is 1. The summed E-state index contributed by atoms with van der Waals surface area (Å²) in [6.07, 6.45) is 1.63. The van der Waals surface area contributed by atoms with Crippen LogP contribution in [0, 0.1) is 0 Å². The molecule has 124 valence electrons. The van der Waals surface area contributed by atoms with Crippen LogP contribution >= 0.6 is 27.5 Å². The van der Waals surface area contributed by atoms with Gasteiger partial charge < -0.3 is 14.2 Å². The van der Waals surface area contributed by atoms with Gasteiger partial charge in [-0.2, -0.15) is 4.98 Å². The van der Waals surface area contributed by atoms with E-state index in [9.17, 15) is 4.79 Å². The number of aromatic nitrogens is 2. The highest BCUT2D eigenvalue weighted by atomic mass is 79.9. The van der Waals surface area contributed by atoms with Gasteiger partial charge in [0.2, 0.25) is 5.89 Å². The van der Waals surface area contributed by atoms with Crippen LogP contribution in [0.15, 0.2) is 62.2 Å². The fourth-order valence-corrected chi connectivity index (χ4v) is 2.79. The molecule has 0 saturated carbocycles. The van der Waals surface area contributed by atoms with Crippen LogP contribution in [0.2, 0.25) is 5.02 Å². The number of fused-ring (bicyclic) bond motifs is 1. The molecule has 6 nitrogen and oxygen atoms in total. The predicted molar refractivity (Wildman–Crippen MR) is 96.6 cm³/mol. The van der Waals surface area contributed by atoms with Crippen molar-refractivity contribution in [2.45, 2.75) is 0 Å². The minimum Gasteiger partial charge on any atom is -0.444 e. The van der Waals surface area contributed by atoms with Crippen molar-refractivity contribution >= 4 is 50.4 Å². The van der Waals surface area contributed by atoms with Gasteiger partial charge in [-0.15, -0.1) is 0 Å². The topological polar surface area (TPSA) is 81.2 Å². The van der Waals surface area contributed by atoms with Crippen LogP contribution in [-0.2, 0) is 0 Å². The third-order valence-corrected chi connectivity index (χ3v) is 4.17. The van der Waals surface area contributed by atoms with E-state index in [0.29, 0.717) is 38.1 Å². The number of oxazole rings is 1. The number of nitrogens with zero attached hydrogens (tertiary/aromatic N) is 2. The Bertz CT molecular complexity index is 1060. The molecule has 0 aliphatic heterocycles. The van der Waals surface area contributed by atoms with Gasteiger partial charge >= 0.3 is 0 Å². The Labute approximate surface area is 155 Å². The first kappa shape index (κ1) is 15.9. The number of carbonyl (C=O) groups is 1. The van der Waals surface area contributed by atoms with Gasteiger partial charge in [-0.25, -0.2) is 4.98 Å². The maximum absolute atomic E-state index is 12.2. The highest BCUT2D eigenvalue weighted by Gasteiger charge is 2.15. The first-order chi connectivity index (χ1) is 12.1. The third kappa shape index (κ3) is 3.16. The van der Waals surface area contributed by atoms with Crippen molar-refractivity contribution < 1.29 is 13.6 Å². The van der Waals surface area contributed by atoms with E-state index in [1.807, 2.05) is 0 Å². The summed E-state index contributed by atoms with van der Waals surface area (Å²) >= 11 is 9.42. The maximum Gasteiger partial charge on any atom is 0.291 e. The molecule has 25 heavy (non-hydrogen) atoms. The number of rotatable bonds is 3. The summed E-state index contributed by atoms with van der Waals surface area (Å²) in [7, 11) is 0. The molecule has 4 rings (SSSR count). The van der Waals surface area contributed by atoms with Crippen molar-refractivity contribution in [3.05, 3.63) is 64.1 Å². The summed E-state index contributed by atoms with van der Waals surface area (Å²) in [6.45, 7) is 0. The van der Waals surface area contributed by atoms with Gasteiger partial charge in [0, 0.05) is 11.9 Å². The lowest BCUT2D eigenvalue weighted by Crippen LogP contribution is -2.10. The largest absolute Gasteiger partial charge is 0.444 e. The Morgan fingerprint density at radius 3 is 2.80 bits per heavy atom. The monoisotopic (exact) mass is 417 g/mol. The average molecular weight is 419 g/mol. The number of hydrogen-bond donors (Lipinski definition) is 1. The molecule has 3 aromatic heterocycles. The molecule has 3 heterocycles. The quantitative estimate of drug-likeness (QED) is 0.497. The van der Waals surface area contributed by atoms with E-state index >= 15 is 0 Å². The number of hydrogen-bond acceptors (Lipinski definition) is 5. The van der Waals surface area contributed by atoms with E-state index in [4.69, 9.17) is 20.4 Å². The van der Waals surface area contributed by atoms with Gasteiger partial charge in [0.05, 0.1) is 10.6 Å². The number of furan rings is 1. The highest BCUT2D eigenvalue weighted by molar-refractivity contribution is 9.10. The Morgan fingerprint density at radius 1 is 1.16 bits per heavy atom. The van der Waals surface area contributed by atoms with Crippen molar-refractivity contribution in [1.29, 1.82) is 0 Å². The van der Waals surface area contributed by atoms with E-state index < -0.39 is 0 Å². The molecule has 8 heteroatoms. The summed E-state index contributed by atoms with van der Waals surface area (Å²) in [5.74, 6) is 0.142. The van der Waals surface area contributed by atoms with Crippen LogP contribution in [0.3, 0.4) is 0 Å². The van der Waals surface area contributed by atoms with Gasteiger partial charge in [0.1, 0.15) is 0 Å². The summed E-state index contributed by atoms with van der Waals surface area (Å²) in [6, 6.07) is 11.8. The third-order valence-electron chi connectivity index (χ3n) is 3.42. The van der Waals surface area contributed by atoms with Gasteiger partial charge in [0.15, 0.2) is 21.7 Å². The van der Waals surface area contributed by atoms with Crippen molar-refractivity contribution in [1.82, 2.24) is 9.97 Å². The molecule has 0 spiro atoms. The molecule has 0 unspecified atom stereocenters. The fourth-order valence-electron chi connectivity index (χ4n) is 2.28. The highest BCUT2D eigenvalue weighted by Crippen LogP contribution is 2.32. The maximum atomic E-state index is 12.2. The smallest absolute Gasteiger partial charge is 0.291 e. The summed E-state index contributed by atoms with van der Waals surface area (Å²) < 4.78 is 11.4. The Hall–Kier alpha value is -2.64. The van der Waals surface area contributed by atoms with E-state index in [2.05, 4.69) is 31.2 Å². The van der Waals surface area contributed by atoms with Crippen LogP contribution in [0.5, 0.6) is 0 Å².